The smallest absolute Gasteiger partial charge is 0.143 e. The van der Waals surface area contributed by atoms with Crippen LogP contribution < -0.4 is 0 Å². The molecule has 0 radical (unpaired) electrons. The topological polar surface area (TPSA) is 37.3 Å². The summed E-state index contributed by atoms with van der Waals surface area (Å²) < 4.78 is 0. The summed E-state index contributed by atoms with van der Waals surface area (Å²) in [5.41, 5.74) is 3.15. The van der Waals surface area contributed by atoms with Crippen molar-refractivity contribution < 1.29 is 9.90 Å². The number of aliphatic hydroxyl groups excluding tert-OH is 1. The number of hydrogen-bond acceptors (Lipinski definition) is 2. The van der Waals surface area contributed by atoms with E-state index in [9.17, 15) is 9.90 Å². The van der Waals surface area contributed by atoms with Crippen molar-refractivity contribution in [1.29, 1.82) is 0 Å². The van der Waals surface area contributed by atoms with Crippen molar-refractivity contribution in [2.24, 2.45) is 46.3 Å². The summed E-state index contributed by atoms with van der Waals surface area (Å²) in [6.45, 7) is 13.8. The lowest BCUT2D eigenvalue weighted by Gasteiger charge is -2.61. The average Bonchev–Trinajstić information content (AvgIpc) is 3.08. The Morgan fingerprint density at radius 3 is 2.48 bits per heavy atom. The van der Waals surface area contributed by atoms with Crippen molar-refractivity contribution in [2.45, 2.75) is 104 Å². The fourth-order valence-electron chi connectivity index (χ4n) is 9.32. The fraction of sp³-hybridized carbons (Fsp3) is 0.828. The van der Waals surface area contributed by atoms with E-state index < -0.39 is 0 Å². The maximum Gasteiger partial charge on any atom is 0.143 e. The molecule has 0 bridgehead atoms. The molecule has 1 N–H and O–H groups in total. The molecule has 0 amide bonds. The molecule has 4 fully saturated rings. The first kappa shape index (κ1) is 23.3. The number of carbonyl (C=O) groups is 1. The first-order chi connectivity index (χ1) is 14.7. The second-order valence-electron chi connectivity index (χ2n) is 12.4. The van der Waals surface area contributed by atoms with E-state index in [1.807, 2.05) is 6.92 Å². The molecule has 0 heterocycles. The molecule has 0 aromatic carbocycles. The predicted molar refractivity (Wildman–Crippen MR) is 129 cm³/mol. The number of carbonyl (C=O) groups excluding carboxylic acids is 1. The van der Waals surface area contributed by atoms with Crippen LogP contribution in [0.1, 0.15) is 98.3 Å². The van der Waals surface area contributed by atoms with Crippen molar-refractivity contribution in [1.82, 2.24) is 0 Å². The van der Waals surface area contributed by atoms with E-state index in [0.29, 0.717) is 16.7 Å². The van der Waals surface area contributed by atoms with Crippen LogP contribution in [-0.2, 0) is 4.79 Å². The Kier molecular flexibility index (Phi) is 6.61. The summed E-state index contributed by atoms with van der Waals surface area (Å²) in [7, 11) is 0. The lowest BCUT2D eigenvalue weighted by atomic mass is 9.44. The third-order valence-corrected chi connectivity index (χ3v) is 11.1. The average molecular weight is 427 g/mol. The molecule has 0 aliphatic heterocycles. The number of hydrogen-bond donors (Lipinski definition) is 1. The van der Waals surface area contributed by atoms with Crippen LogP contribution in [0.25, 0.3) is 0 Å². The van der Waals surface area contributed by atoms with Crippen LogP contribution in [0.4, 0.5) is 0 Å². The van der Waals surface area contributed by atoms with Gasteiger partial charge in [-0.3, -0.25) is 4.79 Å². The van der Waals surface area contributed by atoms with Gasteiger partial charge in [0, 0.05) is 0 Å². The van der Waals surface area contributed by atoms with Crippen LogP contribution in [0.2, 0.25) is 0 Å². The van der Waals surface area contributed by atoms with Gasteiger partial charge in [-0.2, -0.15) is 0 Å². The molecule has 9 atom stereocenters. The summed E-state index contributed by atoms with van der Waals surface area (Å²) in [5.74, 6) is 4.97. The van der Waals surface area contributed by atoms with Crippen molar-refractivity contribution in [3.63, 3.8) is 0 Å². The molecule has 4 rings (SSSR count). The van der Waals surface area contributed by atoms with Crippen LogP contribution in [0.5, 0.6) is 0 Å². The second-order valence-corrected chi connectivity index (χ2v) is 12.4. The Bertz CT molecular complexity index is 722. The van der Waals surface area contributed by atoms with Gasteiger partial charge in [0.2, 0.25) is 0 Å². The Morgan fingerprint density at radius 2 is 1.77 bits per heavy atom. The van der Waals surface area contributed by atoms with Gasteiger partial charge in [0.25, 0.3) is 0 Å². The molecule has 0 aromatic heterocycles. The number of aldehydes is 1. The minimum Gasteiger partial charge on any atom is -0.393 e. The van der Waals surface area contributed by atoms with E-state index in [0.717, 1.165) is 66.3 Å². The third-order valence-electron chi connectivity index (χ3n) is 11.1. The molecule has 4 aliphatic carbocycles. The molecular weight excluding hydrogens is 380 g/mol. The number of rotatable bonds is 6. The van der Waals surface area contributed by atoms with Crippen LogP contribution in [0.15, 0.2) is 23.8 Å². The molecular formula is C29H46O2. The van der Waals surface area contributed by atoms with Gasteiger partial charge >= 0.3 is 0 Å². The van der Waals surface area contributed by atoms with E-state index in [1.54, 1.807) is 6.08 Å². The minimum atomic E-state index is -0.0439. The minimum absolute atomic E-state index is 0.0439. The second kappa shape index (κ2) is 8.81. The molecule has 4 saturated carbocycles. The summed E-state index contributed by atoms with van der Waals surface area (Å²) in [4.78, 5) is 11.0. The van der Waals surface area contributed by atoms with Gasteiger partial charge in [-0.05, 0) is 136 Å². The van der Waals surface area contributed by atoms with Gasteiger partial charge in [-0.15, -0.1) is 0 Å². The van der Waals surface area contributed by atoms with E-state index in [2.05, 4.69) is 27.4 Å². The Morgan fingerprint density at radius 1 is 1.06 bits per heavy atom. The monoisotopic (exact) mass is 426 g/mol. The molecule has 0 saturated heterocycles. The van der Waals surface area contributed by atoms with Crippen molar-refractivity contribution >= 4 is 6.29 Å². The molecule has 0 aromatic rings. The summed E-state index contributed by atoms with van der Waals surface area (Å²) in [6, 6.07) is 0. The van der Waals surface area contributed by atoms with Crippen molar-refractivity contribution in [3.8, 4) is 0 Å². The quantitative estimate of drug-likeness (QED) is 0.279. The molecule has 0 unspecified atom stereocenters. The molecule has 174 valence electrons. The summed E-state index contributed by atoms with van der Waals surface area (Å²) >= 11 is 0. The normalized spacial score (nSPS) is 45.9. The summed E-state index contributed by atoms with van der Waals surface area (Å²) in [6.07, 6.45) is 16.5. The first-order valence-corrected chi connectivity index (χ1v) is 13.2. The molecule has 2 nitrogen and oxygen atoms in total. The van der Waals surface area contributed by atoms with Gasteiger partial charge in [-0.1, -0.05) is 32.9 Å². The van der Waals surface area contributed by atoms with Gasteiger partial charge in [-0.25, -0.2) is 0 Å². The lowest BCUT2D eigenvalue weighted by molar-refractivity contribution is -0.129. The van der Waals surface area contributed by atoms with E-state index >= 15 is 0 Å². The Balaban J connectivity index is 1.46. The Hall–Kier alpha value is -0.890. The lowest BCUT2D eigenvalue weighted by Crippen LogP contribution is -2.54. The van der Waals surface area contributed by atoms with Crippen molar-refractivity contribution in [3.05, 3.63) is 23.8 Å². The highest BCUT2D eigenvalue weighted by Gasteiger charge is 2.60. The zero-order chi connectivity index (χ0) is 22.4. The number of allylic oxidation sites excluding steroid dienone is 3. The van der Waals surface area contributed by atoms with E-state index in [-0.39, 0.29) is 6.10 Å². The highest BCUT2D eigenvalue weighted by atomic mass is 16.3. The highest BCUT2D eigenvalue weighted by molar-refractivity contribution is 5.67. The first-order valence-electron chi connectivity index (χ1n) is 13.2. The predicted octanol–water partition coefficient (Wildman–Crippen LogP) is 7.12. The van der Waals surface area contributed by atoms with Gasteiger partial charge in [0.1, 0.15) is 6.29 Å². The maximum atomic E-state index is 11.0. The molecule has 31 heavy (non-hydrogen) atoms. The van der Waals surface area contributed by atoms with Crippen LogP contribution in [0.3, 0.4) is 0 Å². The number of aliphatic hydroxyl groups is 1. The maximum absolute atomic E-state index is 11.0. The van der Waals surface area contributed by atoms with Crippen LogP contribution in [-0.4, -0.2) is 17.5 Å². The molecule has 4 aliphatic rings. The van der Waals surface area contributed by atoms with E-state index in [1.165, 1.54) is 51.4 Å². The van der Waals surface area contributed by atoms with Crippen LogP contribution in [0, 0.1) is 46.3 Å². The fourth-order valence-corrected chi connectivity index (χ4v) is 9.32. The molecule has 2 heteroatoms. The third kappa shape index (κ3) is 4.00. The summed E-state index contributed by atoms with van der Waals surface area (Å²) in [5, 5.41) is 10.3. The van der Waals surface area contributed by atoms with Gasteiger partial charge < -0.3 is 5.11 Å². The van der Waals surface area contributed by atoms with Gasteiger partial charge in [0.15, 0.2) is 0 Å². The molecule has 0 spiro atoms. The zero-order valence-corrected chi connectivity index (χ0v) is 20.5. The zero-order valence-electron chi connectivity index (χ0n) is 20.5. The SMILES string of the molecule is C=C(C)/C(=C\C=O)CC[C@@H](C)[C@H]1CC[C@H]2[C@@H]3CC[C@@H]4C[C@@H](O)CC[C@]4(C)[C@H]3CC[C@]12C. The number of fused-ring (bicyclic) bond motifs is 5. The Labute approximate surface area is 191 Å². The highest BCUT2D eigenvalue weighted by Crippen LogP contribution is 2.68. The van der Waals surface area contributed by atoms with Crippen molar-refractivity contribution in [2.75, 3.05) is 0 Å². The van der Waals surface area contributed by atoms with Crippen LogP contribution >= 0.6 is 0 Å². The standard InChI is InChI=1S/C29H46O2/c1-19(2)21(14-17-30)7-6-20(3)25-10-11-26-24-9-8-22-18-23(31)12-15-28(22,4)27(24)13-16-29(25,26)5/h14,17,20,22-27,31H,1,6-13,15-16,18H2,2-5H3/b21-14-/t20-,22-,23+,24+,25-,26+,27+,28+,29-/m1/s1. The van der Waals surface area contributed by atoms with E-state index in [4.69, 9.17) is 0 Å². The van der Waals surface area contributed by atoms with Gasteiger partial charge in [0.05, 0.1) is 6.10 Å². The largest absolute Gasteiger partial charge is 0.393 e.